The van der Waals surface area contributed by atoms with E-state index in [0.717, 1.165) is 0 Å². The van der Waals surface area contributed by atoms with Gasteiger partial charge in [0.15, 0.2) is 6.04 Å². The molecule has 0 unspecified atom stereocenters. The number of aromatic hydroxyl groups is 1. The Bertz CT molecular complexity index is 1920. The maximum atomic E-state index is 13.1. The zero-order valence-electron chi connectivity index (χ0n) is 29.0. The number of carbonyl (C=O) groups excluding carboxylic acids is 3. The molecule has 15 nitrogen and oxygen atoms in total. The van der Waals surface area contributed by atoms with Crippen molar-refractivity contribution in [2.45, 2.75) is 6.04 Å². The fourth-order valence-corrected chi connectivity index (χ4v) is 4.82. The number of phenolic OH excluding ortho intramolecular Hbond substituents is 1. The topological polar surface area (TPSA) is 198 Å². The van der Waals surface area contributed by atoms with Crippen LogP contribution in [0.2, 0.25) is 0 Å². The first-order chi connectivity index (χ1) is 25.9. The molecule has 1 aromatic heterocycles. The third kappa shape index (κ3) is 12.0. The minimum absolute atomic E-state index is 0.120. The summed E-state index contributed by atoms with van der Waals surface area (Å²) in [5.41, 5.74) is 2.75. The lowest BCUT2D eigenvalue weighted by molar-refractivity contribution is -0.143. The molecule has 1 atom stereocenters. The molecule has 53 heavy (non-hydrogen) atoms. The van der Waals surface area contributed by atoms with E-state index in [1.54, 1.807) is 72.8 Å². The summed E-state index contributed by atoms with van der Waals surface area (Å²) in [6.45, 7) is 2.19. The molecule has 274 valence electrons. The average Bonchev–Trinajstić information content (AvgIpc) is 3.19. The number of phenols is 1. The van der Waals surface area contributed by atoms with E-state index in [1.807, 2.05) is 24.3 Å². The van der Waals surface area contributed by atoms with Gasteiger partial charge in [-0.15, -0.1) is 0 Å². The molecule has 0 aliphatic rings. The quantitative estimate of drug-likeness (QED) is 0.0394. The number of nitrogens with one attached hydrogen (secondary N) is 5. The summed E-state index contributed by atoms with van der Waals surface area (Å²) in [7, 11) is 1.27. The standard InChI is InChI=1S/C38H40N8O7/c1-51-35(50)32(26-8-4-2-5-9-26)43-34(49)28-12-14-29(15-13-28)41-37-44-36(45-38(46-37)42-30-16-18-31(47)19-17-30)40-21-23-53-25-24-52-22-20-39-33(48)27-10-6-3-7-11-27/h2-19,32,47H,20-25H2,1H3,(H,39,48)(H,43,49)(H3,40,41,42,44,45,46)/t32-/m1/s1. The molecule has 1 heterocycles. The lowest BCUT2D eigenvalue weighted by Crippen LogP contribution is -2.34. The zero-order valence-corrected chi connectivity index (χ0v) is 29.0. The van der Waals surface area contributed by atoms with Crippen LogP contribution in [0.3, 0.4) is 0 Å². The summed E-state index contributed by atoms with van der Waals surface area (Å²) in [6, 6.07) is 29.9. The molecule has 0 bridgehead atoms. The van der Waals surface area contributed by atoms with Crippen molar-refractivity contribution >= 4 is 47.0 Å². The number of ether oxygens (including phenoxy) is 3. The van der Waals surface area contributed by atoms with Crippen LogP contribution in [0.4, 0.5) is 29.2 Å². The third-order valence-electron chi connectivity index (χ3n) is 7.48. The van der Waals surface area contributed by atoms with Crippen molar-refractivity contribution in [2.75, 3.05) is 62.6 Å². The fraction of sp³-hybridized carbons (Fsp3) is 0.211. The average molecular weight is 721 g/mol. The van der Waals surface area contributed by atoms with Crippen LogP contribution < -0.4 is 26.6 Å². The van der Waals surface area contributed by atoms with Gasteiger partial charge in [-0.2, -0.15) is 15.0 Å². The highest BCUT2D eigenvalue weighted by Gasteiger charge is 2.24. The van der Waals surface area contributed by atoms with Crippen LogP contribution >= 0.6 is 0 Å². The maximum Gasteiger partial charge on any atom is 0.333 e. The molecule has 0 aliphatic carbocycles. The Morgan fingerprint density at radius 2 is 1.15 bits per heavy atom. The van der Waals surface area contributed by atoms with E-state index in [9.17, 15) is 19.5 Å². The molecule has 0 aliphatic heterocycles. The van der Waals surface area contributed by atoms with Gasteiger partial charge in [-0.1, -0.05) is 48.5 Å². The minimum Gasteiger partial charge on any atom is -0.508 e. The molecule has 5 rings (SSSR count). The maximum absolute atomic E-state index is 13.1. The smallest absolute Gasteiger partial charge is 0.333 e. The van der Waals surface area contributed by atoms with E-state index in [2.05, 4.69) is 41.5 Å². The highest BCUT2D eigenvalue weighted by Crippen LogP contribution is 2.21. The van der Waals surface area contributed by atoms with Gasteiger partial charge in [-0.05, 0) is 66.2 Å². The van der Waals surface area contributed by atoms with Crippen molar-refractivity contribution in [3.8, 4) is 5.75 Å². The minimum atomic E-state index is -0.966. The molecule has 2 amide bonds. The Morgan fingerprint density at radius 1 is 0.623 bits per heavy atom. The van der Waals surface area contributed by atoms with Crippen molar-refractivity contribution in [1.82, 2.24) is 25.6 Å². The largest absolute Gasteiger partial charge is 0.508 e. The van der Waals surface area contributed by atoms with Crippen LogP contribution in [0.25, 0.3) is 0 Å². The van der Waals surface area contributed by atoms with Crippen molar-refractivity contribution in [1.29, 1.82) is 0 Å². The number of nitrogens with zero attached hydrogens (tertiary/aromatic N) is 3. The van der Waals surface area contributed by atoms with E-state index in [1.165, 1.54) is 19.2 Å². The first-order valence-electron chi connectivity index (χ1n) is 16.7. The summed E-state index contributed by atoms with van der Waals surface area (Å²) in [5, 5.41) is 24.6. The summed E-state index contributed by atoms with van der Waals surface area (Å²) in [4.78, 5) is 51.0. The van der Waals surface area contributed by atoms with Gasteiger partial charge in [0, 0.05) is 35.6 Å². The van der Waals surface area contributed by atoms with E-state index >= 15 is 0 Å². The number of methoxy groups -OCH3 is 1. The molecule has 0 saturated heterocycles. The molecule has 6 N–H and O–H groups in total. The summed E-state index contributed by atoms with van der Waals surface area (Å²) in [5.74, 6) is -0.359. The Morgan fingerprint density at radius 3 is 1.75 bits per heavy atom. The van der Waals surface area contributed by atoms with E-state index in [0.29, 0.717) is 67.6 Å². The SMILES string of the molecule is COC(=O)[C@H](NC(=O)c1ccc(Nc2nc(NCCOCCOCCNC(=O)c3ccccc3)nc(Nc3ccc(O)cc3)n2)cc1)c1ccccc1. The number of benzene rings is 4. The molecule has 15 heteroatoms. The van der Waals surface area contributed by atoms with Crippen LogP contribution in [-0.2, 0) is 19.0 Å². The van der Waals surface area contributed by atoms with Gasteiger partial charge in [0.05, 0.1) is 33.5 Å². The van der Waals surface area contributed by atoms with Gasteiger partial charge in [-0.25, -0.2) is 4.79 Å². The van der Waals surface area contributed by atoms with E-state index in [4.69, 9.17) is 14.2 Å². The van der Waals surface area contributed by atoms with Gasteiger partial charge in [0.25, 0.3) is 11.8 Å². The van der Waals surface area contributed by atoms with Gasteiger partial charge in [0.1, 0.15) is 5.75 Å². The monoisotopic (exact) mass is 720 g/mol. The first kappa shape index (κ1) is 37.7. The Labute approximate surface area is 306 Å². The molecule has 5 aromatic rings. The third-order valence-corrected chi connectivity index (χ3v) is 7.48. The van der Waals surface area contributed by atoms with Crippen molar-refractivity contribution in [2.24, 2.45) is 0 Å². The summed E-state index contributed by atoms with van der Waals surface area (Å²) >= 11 is 0. The number of anilines is 5. The predicted molar refractivity (Wildman–Crippen MR) is 199 cm³/mol. The zero-order chi connectivity index (χ0) is 37.3. The van der Waals surface area contributed by atoms with Crippen molar-refractivity contribution in [3.05, 3.63) is 126 Å². The number of esters is 1. The molecular formula is C38H40N8O7. The number of amides is 2. The Hall–Kier alpha value is -6.58. The number of hydrogen-bond donors (Lipinski definition) is 6. The highest BCUT2D eigenvalue weighted by molar-refractivity contribution is 5.97. The number of carbonyl (C=O) groups is 3. The lowest BCUT2D eigenvalue weighted by Gasteiger charge is -2.17. The van der Waals surface area contributed by atoms with Gasteiger partial charge in [-0.3, -0.25) is 9.59 Å². The van der Waals surface area contributed by atoms with Crippen LogP contribution in [-0.4, -0.2) is 84.5 Å². The second-order valence-electron chi connectivity index (χ2n) is 11.3. The van der Waals surface area contributed by atoms with E-state index < -0.39 is 17.9 Å². The number of hydrogen-bond acceptors (Lipinski definition) is 13. The molecule has 4 aromatic carbocycles. The molecule has 0 spiro atoms. The summed E-state index contributed by atoms with van der Waals surface area (Å²) < 4.78 is 16.1. The van der Waals surface area contributed by atoms with Gasteiger partial charge in [0.2, 0.25) is 17.8 Å². The van der Waals surface area contributed by atoms with Crippen molar-refractivity contribution in [3.63, 3.8) is 0 Å². The van der Waals surface area contributed by atoms with Crippen molar-refractivity contribution < 1.29 is 33.7 Å². The Balaban J connectivity index is 1.13. The second kappa shape index (κ2) is 19.7. The second-order valence-corrected chi connectivity index (χ2v) is 11.3. The lowest BCUT2D eigenvalue weighted by atomic mass is 10.1. The molecular weight excluding hydrogens is 680 g/mol. The normalized spacial score (nSPS) is 11.2. The predicted octanol–water partition coefficient (Wildman–Crippen LogP) is 4.58. The summed E-state index contributed by atoms with van der Waals surface area (Å²) in [6.07, 6.45) is 0. The number of rotatable bonds is 19. The molecule has 0 radical (unpaired) electrons. The van der Waals surface area contributed by atoms with Crippen LogP contribution in [0.5, 0.6) is 5.75 Å². The molecule has 0 fully saturated rings. The van der Waals surface area contributed by atoms with Gasteiger partial charge >= 0.3 is 5.97 Å². The van der Waals surface area contributed by atoms with E-state index in [-0.39, 0.29) is 29.5 Å². The number of aromatic nitrogens is 3. The molecule has 0 saturated carbocycles. The van der Waals surface area contributed by atoms with Crippen LogP contribution in [0.15, 0.2) is 109 Å². The van der Waals surface area contributed by atoms with Crippen LogP contribution in [0, 0.1) is 0 Å². The fourth-order valence-electron chi connectivity index (χ4n) is 4.82. The van der Waals surface area contributed by atoms with Gasteiger partial charge < -0.3 is 45.9 Å². The Kier molecular flexibility index (Phi) is 14.0. The van der Waals surface area contributed by atoms with Crippen LogP contribution in [0.1, 0.15) is 32.3 Å². The first-order valence-corrected chi connectivity index (χ1v) is 16.7. The highest BCUT2D eigenvalue weighted by atomic mass is 16.5.